The molecule has 88 valence electrons. The van der Waals surface area contributed by atoms with Crippen molar-refractivity contribution < 1.29 is 9.90 Å². The fourth-order valence-electron chi connectivity index (χ4n) is 1.49. The van der Waals surface area contributed by atoms with E-state index in [9.17, 15) is 9.90 Å². The quantitative estimate of drug-likeness (QED) is 0.789. The Balaban J connectivity index is 2.61. The number of likely N-dealkylation sites (N-methyl/N-ethyl adjacent to an activating group) is 1. The maximum atomic E-state index is 11.8. The summed E-state index contributed by atoms with van der Waals surface area (Å²) in [7, 11) is 1.71. The van der Waals surface area contributed by atoms with Gasteiger partial charge in [0, 0.05) is 25.2 Å². The van der Waals surface area contributed by atoms with Gasteiger partial charge in [-0.05, 0) is 13.0 Å². The number of carbonyl (C=O) groups is 1. The van der Waals surface area contributed by atoms with Crippen molar-refractivity contribution in [3.8, 4) is 5.75 Å². The summed E-state index contributed by atoms with van der Waals surface area (Å²) < 4.78 is 0. The lowest BCUT2D eigenvalue weighted by Gasteiger charge is -2.19. The number of hydrogen-bond acceptors (Lipinski definition) is 3. The van der Waals surface area contributed by atoms with E-state index in [1.807, 2.05) is 6.92 Å². The molecule has 1 aromatic carbocycles. The Morgan fingerprint density at radius 1 is 1.50 bits per heavy atom. The highest BCUT2D eigenvalue weighted by Crippen LogP contribution is 2.16. The third-order valence-corrected chi connectivity index (χ3v) is 2.32. The van der Waals surface area contributed by atoms with E-state index in [1.165, 1.54) is 0 Å². The lowest BCUT2D eigenvalue weighted by atomic mass is 10.1. The molecule has 16 heavy (non-hydrogen) atoms. The second kappa shape index (κ2) is 5.51. The smallest absolute Gasteiger partial charge is 0.226 e. The first-order valence-corrected chi connectivity index (χ1v) is 5.27. The second-order valence-corrected chi connectivity index (χ2v) is 4.06. The van der Waals surface area contributed by atoms with Gasteiger partial charge in [0.1, 0.15) is 5.75 Å². The van der Waals surface area contributed by atoms with Crippen molar-refractivity contribution in [3.05, 3.63) is 29.8 Å². The zero-order valence-electron chi connectivity index (χ0n) is 9.68. The second-order valence-electron chi connectivity index (χ2n) is 4.06. The number of nitrogens with zero attached hydrogens (tertiary/aromatic N) is 1. The largest absolute Gasteiger partial charge is 0.508 e. The van der Waals surface area contributed by atoms with Gasteiger partial charge in [-0.15, -0.1) is 0 Å². The molecule has 0 heterocycles. The minimum absolute atomic E-state index is 0.0428. The highest BCUT2D eigenvalue weighted by Gasteiger charge is 2.12. The first kappa shape index (κ1) is 12.5. The predicted octanol–water partition coefficient (Wildman–Crippen LogP) is 0.740. The summed E-state index contributed by atoms with van der Waals surface area (Å²) in [6.45, 7) is 2.37. The Morgan fingerprint density at radius 3 is 2.69 bits per heavy atom. The fraction of sp³-hybridized carbons (Fsp3) is 0.417. The molecule has 0 bridgehead atoms. The van der Waals surface area contributed by atoms with Crippen LogP contribution in [0.5, 0.6) is 5.75 Å². The van der Waals surface area contributed by atoms with E-state index in [4.69, 9.17) is 5.73 Å². The van der Waals surface area contributed by atoms with Crippen molar-refractivity contribution in [1.82, 2.24) is 4.90 Å². The molecule has 1 unspecified atom stereocenters. The Kier molecular flexibility index (Phi) is 4.31. The number of aromatic hydroxyl groups is 1. The highest BCUT2D eigenvalue weighted by molar-refractivity contribution is 5.79. The minimum Gasteiger partial charge on any atom is -0.508 e. The molecule has 0 fully saturated rings. The van der Waals surface area contributed by atoms with Gasteiger partial charge in [-0.25, -0.2) is 0 Å². The van der Waals surface area contributed by atoms with Gasteiger partial charge in [0.25, 0.3) is 0 Å². The third-order valence-electron chi connectivity index (χ3n) is 2.32. The molecule has 0 saturated carbocycles. The number of phenolic OH excluding ortho intramolecular Hbond substituents is 1. The van der Waals surface area contributed by atoms with Crippen LogP contribution < -0.4 is 5.73 Å². The maximum Gasteiger partial charge on any atom is 0.226 e. The summed E-state index contributed by atoms with van der Waals surface area (Å²) >= 11 is 0. The van der Waals surface area contributed by atoms with Gasteiger partial charge < -0.3 is 15.7 Å². The summed E-state index contributed by atoms with van der Waals surface area (Å²) in [6.07, 6.45) is 0.204. The van der Waals surface area contributed by atoms with Gasteiger partial charge in [-0.2, -0.15) is 0 Å². The van der Waals surface area contributed by atoms with Crippen molar-refractivity contribution in [2.24, 2.45) is 5.73 Å². The number of benzene rings is 1. The lowest BCUT2D eigenvalue weighted by molar-refractivity contribution is -0.129. The number of hydrogen-bond donors (Lipinski definition) is 2. The van der Waals surface area contributed by atoms with Crippen molar-refractivity contribution in [2.75, 3.05) is 13.6 Å². The van der Waals surface area contributed by atoms with Crippen LogP contribution in [0.25, 0.3) is 0 Å². The van der Waals surface area contributed by atoms with Crippen LogP contribution in [-0.2, 0) is 11.2 Å². The van der Waals surface area contributed by atoms with Crippen molar-refractivity contribution >= 4 is 5.91 Å². The van der Waals surface area contributed by atoms with Crippen LogP contribution >= 0.6 is 0 Å². The van der Waals surface area contributed by atoms with Crippen molar-refractivity contribution in [2.45, 2.75) is 19.4 Å². The van der Waals surface area contributed by atoms with E-state index in [1.54, 1.807) is 36.2 Å². The molecule has 4 heteroatoms. The van der Waals surface area contributed by atoms with Gasteiger partial charge >= 0.3 is 0 Å². The van der Waals surface area contributed by atoms with Gasteiger partial charge in [0.05, 0.1) is 6.42 Å². The van der Waals surface area contributed by atoms with Crippen molar-refractivity contribution in [1.29, 1.82) is 0 Å². The molecule has 0 spiro atoms. The SMILES string of the molecule is CC(N)CN(C)C(=O)Cc1ccccc1O. The molecule has 3 N–H and O–H groups in total. The number of rotatable bonds is 4. The van der Waals surface area contributed by atoms with E-state index in [-0.39, 0.29) is 24.1 Å². The van der Waals surface area contributed by atoms with Crippen LogP contribution in [0.4, 0.5) is 0 Å². The molecule has 0 radical (unpaired) electrons. The Bertz CT molecular complexity index is 364. The first-order chi connectivity index (χ1) is 7.50. The third kappa shape index (κ3) is 3.55. The Labute approximate surface area is 95.7 Å². The van der Waals surface area contributed by atoms with E-state index >= 15 is 0 Å². The topological polar surface area (TPSA) is 66.6 Å². The monoisotopic (exact) mass is 222 g/mol. The van der Waals surface area contributed by atoms with Crippen LogP contribution in [-0.4, -0.2) is 35.5 Å². The average molecular weight is 222 g/mol. The Hall–Kier alpha value is -1.55. The molecule has 4 nitrogen and oxygen atoms in total. The summed E-state index contributed by atoms with van der Waals surface area (Å²) in [4.78, 5) is 13.3. The van der Waals surface area contributed by atoms with Crippen LogP contribution in [0.3, 0.4) is 0 Å². The average Bonchev–Trinajstić information content (AvgIpc) is 2.20. The molecule has 0 aliphatic carbocycles. The molecule has 1 amide bonds. The molecule has 1 rings (SSSR count). The number of para-hydroxylation sites is 1. The predicted molar refractivity (Wildman–Crippen MR) is 63.1 cm³/mol. The summed E-state index contributed by atoms with van der Waals surface area (Å²) in [5, 5.41) is 9.53. The van der Waals surface area contributed by atoms with Crippen LogP contribution in [0.1, 0.15) is 12.5 Å². The summed E-state index contributed by atoms with van der Waals surface area (Å²) in [5.74, 6) is 0.115. The number of amides is 1. The molecular formula is C12H18N2O2. The van der Waals surface area contributed by atoms with E-state index in [2.05, 4.69) is 0 Å². The minimum atomic E-state index is -0.0432. The normalized spacial score (nSPS) is 12.2. The van der Waals surface area contributed by atoms with E-state index in [0.717, 1.165) is 0 Å². The van der Waals surface area contributed by atoms with E-state index < -0.39 is 0 Å². The lowest BCUT2D eigenvalue weighted by Crippen LogP contribution is -2.37. The Morgan fingerprint density at radius 2 is 2.12 bits per heavy atom. The molecular weight excluding hydrogens is 204 g/mol. The molecule has 1 atom stereocenters. The molecule has 0 aliphatic rings. The molecule has 0 aliphatic heterocycles. The first-order valence-electron chi connectivity index (χ1n) is 5.27. The zero-order valence-corrected chi connectivity index (χ0v) is 9.68. The highest BCUT2D eigenvalue weighted by atomic mass is 16.3. The summed E-state index contributed by atoms with van der Waals surface area (Å²) in [6, 6.07) is 6.81. The van der Waals surface area contributed by atoms with Gasteiger partial charge in [-0.1, -0.05) is 18.2 Å². The van der Waals surface area contributed by atoms with Crippen LogP contribution in [0.15, 0.2) is 24.3 Å². The van der Waals surface area contributed by atoms with Crippen LogP contribution in [0.2, 0.25) is 0 Å². The zero-order chi connectivity index (χ0) is 12.1. The number of phenols is 1. The molecule has 0 saturated heterocycles. The number of carbonyl (C=O) groups excluding carboxylic acids is 1. The summed E-state index contributed by atoms with van der Waals surface area (Å²) in [5.41, 5.74) is 6.25. The molecule has 0 aromatic heterocycles. The van der Waals surface area contributed by atoms with Gasteiger partial charge in [-0.3, -0.25) is 4.79 Å². The number of nitrogens with two attached hydrogens (primary N) is 1. The molecule has 1 aromatic rings. The van der Waals surface area contributed by atoms with Crippen LogP contribution in [0, 0.1) is 0 Å². The maximum absolute atomic E-state index is 11.8. The van der Waals surface area contributed by atoms with Gasteiger partial charge in [0.15, 0.2) is 0 Å². The van der Waals surface area contributed by atoms with Crippen molar-refractivity contribution in [3.63, 3.8) is 0 Å². The fourth-order valence-corrected chi connectivity index (χ4v) is 1.49. The standard InChI is InChI=1S/C12H18N2O2/c1-9(13)8-14(2)12(16)7-10-5-3-4-6-11(10)15/h3-6,9,15H,7-8,13H2,1-2H3. The van der Waals surface area contributed by atoms with E-state index in [0.29, 0.717) is 12.1 Å². The van der Waals surface area contributed by atoms with Gasteiger partial charge in [0.2, 0.25) is 5.91 Å².